The molecule has 0 spiro atoms. The second-order valence-corrected chi connectivity index (χ2v) is 6.29. The molecule has 6 heteroatoms. The monoisotopic (exact) mass is 294 g/mol. The van der Waals surface area contributed by atoms with Crippen molar-refractivity contribution in [3.63, 3.8) is 0 Å². The summed E-state index contributed by atoms with van der Waals surface area (Å²) < 4.78 is 33.8. The number of pyridine rings is 2. The van der Waals surface area contributed by atoms with Crippen molar-refractivity contribution in [2.45, 2.75) is 13.0 Å². The highest BCUT2D eigenvalue weighted by molar-refractivity contribution is 7.85. The summed E-state index contributed by atoms with van der Waals surface area (Å²) in [5.74, 6) is -0.211. The van der Waals surface area contributed by atoms with Gasteiger partial charge in [0.05, 0.1) is 5.75 Å². The number of rotatable bonds is 5. The Hall–Kier alpha value is -1.79. The van der Waals surface area contributed by atoms with Gasteiger partial charge in [0.15, 0.2) is 24.8 Å². The van der Waals surface area contributed by atoms with E-state index in [1.807, 2.05) is 65.2 Å². The maximum absolute atomic E-state index is 10.6. The van der Waals surface area contributed by atoms with E-state index in [0.29, 0.717) is 13.0 Å². The number of nitrogens with zero attached hydrogens (tertiary/aromatic N) is 2. The maximum Gasteiger partial charge on any atom is 0.265 e. The van der Waals surface area contributed by atoms with E-state index in [2.05, 4.69) is 0 Å². The van der Waals surface area contributed by atoms with Gasteiger partial charge in [-0.3, -0.25) is 4.55 Å². The Morgan fingerprint density at radius 1 is 1.00 bits per heavy atom. The van der Waals surface area contributed by atoms with Crippen LogP contribution in [0.15, 0.2) is 49.1 Å². The fourth-order valence-electron chi connectivity index (χ4n) is 1.92. The van der Waals surface area contributed by atoms with Gasteiger partial charge in [-0.05, 0) is 11.1 Å². The fraction of sp³-hybridized carbons (Fsp3) is 0.286. The molecule has 2 aromatic rings. The molecule has 0 fully saturated rings. The lowest BCUT2D eigenvalue weighted by atomic mass is 10.1. The summed E-state index contributed by atoms with van der Waals surface area (Å²) in [5.41, 5.74) is 2.24. The standard InChI is InChI=1S/C14H17N2O3S/c1-15-8-3-13(4-9-15)14-5-10-16(11-6-14)7-2-12-20(17,18)19/h3-6,8-11H,2,7,12H2,1H3/q+1/p+1. The third-order valence-corrected chi connectivity index (χ3v) is 3.83. The van der Waals surface area contributed by atoms with Crippen LogP contribution < -0.4 is 9.13 Å². The molecule has 5 nitrogen and oxygen atoms in total. The number of hydrogen-bond acceptors (Lipinski definition) is 2. The molecular weight excluding hydrogens is 276 g/mol. The van der Waals surface area contributed by atoms with Crippen molar-refractivity contribution < 1.29 is 22.1 Å². The van der Waals surface area contributed by atoms with Crippen molar-refractivity contribution in [2.24, 2.45) is 7.05 Å². The van der Waals surface area contributed by atoms with Crippen LogP contribution in [0.5, 0.6) is 0 Å². The topological polar surface area (TPSA) is 62.1 Å². The summed E-state index contributed by atoms with van der Waals surface area (Å²) >= 11 is 0. The molecule has 0 bridgehead atoms. The van der Waals surface area contributed by atoms with Crippen LogP contribution in [-0.2, 0) is 23.7 Å². The first-order valence-corrected chi connectivity index (χ1v) is 7.95. The molecular formula is C14H18N2O3S+2. The molecule has 0 aromatic carbocycles. The average Bonchev–Trinajstić information content (AvgIpc) is 2.39. The van der Waals surface area contributed by atoms with Crippen LogP contribution in [0.4, 0.5) is 0 Å². The molecule has 0 aliphatic rings. The molecule has 20 heavy (non-hydrogen) atoms. The summed E-state index contributed by atoms with van der Waals surface area (Å²) in [4.78, 5) is 0. The number of aryl methyl sites for hydroxylation is 2. The molecule has 0 unspecified atom stereocenters. The van der Waals surface area contributed by atoms with Crippen LogP contribution in [0.3, 0.4) is 0 Å². The summed E-state index contributed by atoms with van der Waals surface area (Å²) in [6.07, 6.45) is 8.19. The van der Waals surface area contributed by atoms with Crippen LogP contribution in [0.25, 0.3) is 11.1 Å². The van der Waals surface area contributed by atoms with Gasteiger partial charge in [0.1, 0.15) is 13.6 Å². The quantitative estimate of drug-likeness (QED) is 0.653. The Bertz CT molecular complexity index is 665. The molecule has 0 atom stereocenters. The van der Waals surface area contributed by atoms with Crippen LogP contribution in [0, 0.1) is 0 Å². The van der Waals surface area contributed by atoms with Gasteiger partial charge in [-0.15, -0.1) is 0 Å². The van der Waals surface area contributed by atoms with Crippen molar-refractivity contribution in [2.75, 3.05) is 5.75 Å². The Kier molecular flexibility index (Phi) is 4.46. The molecule has 106 valence electrons. The highest BCUT2D eigenvalue weighted by atomic mass is 32.2. The Balaban J connectivity index is 2.01. The lowest BCUT2D eigenvalue weighted by molar-refractivity contribution is -0.696. The van der Waals surface area contributed by atoms with Crippen molar-refractivity contribution in [1.82, 2.24) is 0 Å². The second-order valence-electron chi connectivity index (χ2n) is 4.72. The van der Waals surface area contributed by atoms with Gasteiger partial charge in [0.2, 0.25) is 0 Å². The predicted molar refractivity (Wildman–Crippen MR) is 74.3 cm³/mol. The highest BCUT2D eigenvalue weighted by Crippen LogP contribution is 2.15. The van der Waals surface area contributed by atoms with Crippen LogP contribution >= 0.6 is 0 Å². The fourth-order valence-corrected chi connectivity index (χ4v) is 2.42. The third kappa shape index (κ3) is 4.40. The largest absolute Gasteiger partial charge is 0.286 e. The SMILES string of the molecule is C[n+]1ccc(-c2cc[n+](CCCS(=O)(=O)O)cc2)cc1. The molecule has 2 aromatic heterocycles. The first kappa shape index (κ1) is 14.6. The second kappa shape index (κ2) is 6.11. The smallest absolute Gasteiger partial charge is 0.265 e. The average molecular weight is 294 g/mol. The molecule has 1 N–H and O–H groups in total. The van der Waals surface area contributed by atoms with Gasteiger partial charge in [-0.1, -0.05) is 0 Å². The van der Waals surface area contributed by atoms with Crippen LogP contribution in [0.2, 0.25) is 0 Å². The van der Waals surface area contributed by atoms with E-state index in [9.17, 15) is 8.42 Å². The zero-order valence-electron chi connectivity index (χ0n) is 11.3. The number of aromatic nitrogens is 2. The molecule has 0 aliphatic carbocycles. The lowest BCUT2D eigenvalue weighted by Crippen LogP contribution is -2.33. The number of hydrogen-bond donors (Lipinski definition) is 1. The van der Waals surface area contributed by atoms with E-state index in [4.69, 9.17) is 4.55 Å². The van der Waals surface area contributed by atoms with Crippen molar-refractivity contribution in [1.29, 1.82) is 0 Å². The zero-order chi connectivity index (χ0) is 14.6. The lowest BCUT2D eigenvalue weighted by Gasteiger charge is -2.00. The summed E-state index contributed by atoms with van der Waals surface area (Å²) in [5, 5.41) is 0. The molecule has 0 amide bonds. The van der Waals surface area contributed by atoms with E-state index in [-0.39, 0.29) is 5.75 Å². The van der Waals surface area contributed by atoms with E-state index < -0.39 is 10.1 Å². The summed E-state index contributed by atoms with van der Waals surface area (Å²) in [7, 11) is -1.89. The highest BCUT2D eigenvalue weighted by Gasteiger charge is 2.08. The van der Waals surface area contributed by atoms with E-state index >= 15 is 0 Å². The molecule has 0 aliphatic heterocycles. The zero-order valence-corrected chi connectivity index (χ0v) is 12.1. The summed E-state index contributed by atoms with van der Waals surface area (Å²) in [6, 6.07) is 8.06. The van der Waals surface area contributed by atoms with E-state index in [1.165, 1.54) is 0 Å². The van der Waals surface area contributed by atoms with Gasteiger partial charge in [0, 0.05) is 30.7 Å². The first-order valence-electron chi connectivity index (χ1n) is 6.34. The third-order valence-electron chi connectivity index (χ3n) is 3.02. The first-order chi connectivity index (χ1) is 9.44. The van der Waals surface area contributed by atoms with Gasteiger partial charge in [-0.2, -0.15) is 8.42 Å². The van der Waals surface area contributed by atoms with Gasteiger partial charge in [-0.25, -0.2) is 9.13 Å². The molecule has 0 saturated heterocycles. The predicted octanol–water partition coefficient (Wildman–Crippen LogP) is 0.743. The van der Waals surface area contributed by atoms with Gasteiger partial charge in [0.25, 0.3) is 10.1 Å². The Morgan fingerprint density at radius 3 is 2.00 bits per heavy atom. The molecule has 0 saturated carbocycles. The minimum absolute atomic E-state index is 0.211. The summed E-state index contributed by atoms with van der Waals surface area (Å²) in [6.45, 7) is 0.559. The van der Waals surface area contributed by atoms with Crippen molar-refractivity contribution in [3.05, 3.63) is 49.1 Å². The van der Waals surface area contributed by atoms with Crippen molar-refractivity contribution >= 4 is 10.1 Å². The van der Waals surface area contributed by atoms with E-state index in [1.54, 1.807) is 0 Å². The van der Waals surface area contributed by atoms with Gasteiger partial charge < -0.3 is 0 Å². The van der Waals surface area contributed by atoms with Crippen LogP contribution in [0.1, 0.15) is 6.42 Å². The minimum atomic E-state index is -3.87. The molecule has 0 radical (unpaired) electrons. The van der Waals surface area contributed by atoms with Gasteiger partial charge >= 0.3 is 0 Å². The molecule has 2 heterocycles. The molecule has 2 rings (SSSR count). The van der Waals surface area contributed by atoms with Crippen molar-refractivity contribution in [3.8, 4) is 11.1 Å². The maximum atomic E-state index is 10.6. The minimum Gasteiger partial charge on any atom is -0.286 e. The van der Waals surface area contributed by atoms with Crippen LogP contribution in [-0.4, -0.2) is 18.7 Å². The normalized spacial score (nSPS) is 11.5. The Labute approximate surface area is 118 Å². The Morgan fingerprint density at radius 2 is 1.50 bits per heavy atom. The van der Waals surface area contributed by atoms with E-state index in [0.717, 1.165) is 11.1 Å².